The number of amides is 2. The molecule has 6 nitrogen and oxygen atoms in total. The fourth-order valence-electron chi connectivity index (χ4n) is 1.91. The molecule has 17 heavy (non-hydrogen) atoms. The molecule has 1 aromatic heterocycles. The first-order chi connectivity index (χ1) is 8.25. The van der Waals surface area contributed by atoms with Crippen LogP contribution in [0, 0.1) is 0 Å². The Morgan fingerprint density at radius 3 is 2.76 bits per heavy atom. The highest BCUT2D eigenvalue weighted by molar-refractivity contribution is 7.16. The van der Waals surface area contributed by atoms with Gasteiger partial charge < -0.3 is 10.1 Å². The molecule has 0 radical (unpaired) electrons. The Morgan fingerprint density at radius 2 is 2.06 bits per heavy atom. The van der Waals surface area contributed by atoms with Crippen molar-refractivity contribution in [3.63, 3.8) is 0 Å². The summed E-state index contributed by atoms with van der Waals surface area (Å²) in [4.78, 5) is 29.9. The molecule has 0 bridgehead atoms. The average Bonchev–Trinajstić information content (AvgIpc) is 2.71. The number of aromatic nitrogens is 1. The van der Waals surface area contributed by atoms with Gasteiger partial charge >= 0.3 is 0 Å². The Labute approximate surface area is 102 Å². The summed E-state index contributed by atoms with van der Waals surface area (Å²) in [5.41, 5.74) is 0.996. The lowest BCUT2D eigenvalue weighted by Gasteiger charge is -2.22. The highest BCUT2D eigenvalue weighted by Crippen LogP contribution is 2.29. The predicted octanol–water partition coefficient (Wildman–Crippen LogP) is -0.321. The van der Waals surface area contributed by atoms with Crippen LogP contribution in [-0.2, 0) is 27.3 Å². The van der Waals surface area contributed by atoms with Gasteiger partial charge in [-0.05, 0) is 0 Å². The minimum atomic E-state index is -0.333. The van der Waals surface area contributed by atoms with Crippen LogP contribution in [0.2, 0.25) is 0 Å². The van der Waals surface area contributed by atoms with Gasteiger partial charge in [-0.3, -0.25) is 9.59 Å². The summed E-state index contributed by atoms with van der Waals surface area (Å²) >= 11 is 1.40. The molecule has 0 unspecified atom stereocenters. The van der Waals surface area contributed by atoms with Gasteiger partial charge in [0, 0.05) is 24.4 Å². The van der Waals surface area contributed by atoms with Crippen LogP contribution in [0.4, 0.5) is 5.13 Å². The molecule has 0 saturated carbocycles. The van der Waals surface area contributed by atoms with Gasteiger partial charge in [0.05, 0.1) is 5.69 Å². The highest BCUT2D eigenvalue weighted by Gasteiger charge is 2.31. The van der Waals surface area contributed by atoms with E-state index in [-0.39, 0.29) is 25.0 Å². The van der Waals surface area contributed by atoms with E-state index >= 15 is 0 Å². The van der Waals surface area contributed by atoms with Gasteiger partial charge in [-0.15, -0.1) is 0 Å². The van der Waals surface area contributed by atoms with E-state index < -0.39 is 0 Å². The molecule has 0 aliphatic carbocycles. The first-order valence-corrected chi connectivity index (χ1v) is 6.20. The number of carbonyl (C=O) groups excluding carboxylic acids is 2. The molecule has 7 heteroatoms. The number of imide groups is 1. The summed E-state index contributed by atoms with van der Waals surface area (Å²) in [5.74, 6) is -0.666. The quantitative estimate of drug-likeness (QED) is 0.694. The Hall–Kier alpha value is -1.31. The van der Waals surface area contributed by atoms with Crippen molar-refractivity contribution < 1.29 is 14.3 Å². The second-order valence-corrected chi connectivity index (χ2v) is 4.97. The molecule has 1 saturated heterocycles. The monoisotopic (exact) mass is 253 g/mol. The van der Waals surface area contributed by atoms with Gasteiger partial charge in [0.15, 0.2) is 5.13 Å². The summed E-state index contributed by atoms with van der Waals surface area (Å²) in [6, 6.07) is 0. The highest BCUT2D eigenvalue weighted by atomic mass is 32.1. The molecule has 0 atom stereocenters. The van der Waals surface area contributed by atoms with Gasteiger partial charge in [0.2, 0.25) is 0 Å². The van der Waals surface area contributed by atoms with E-state index in [1.807, 2.05) is 0 Å². The van der Waals surface area contributed by atoms with E-state index in [0.29, 0.717) is 5.13 Å². The fourth-order valence-corrected chi connectivity index (χ4v) is 3.03. The number of hydrogen-bond acceptors (Lipinski definition) is 6. The number of anilines is 1. The molecule has 3 heterocycles. The molecule has 0 spiro atoms. The Morgan fingerprint density at radius 1 is 1.29 bits per heavy atom. The minimum absolute atomic E-state index is 0.0474. The summed E-state index contributed by atoms with van der Waals surface area (Å²) in [6.07, 6.45) is 0.846. The van der Waals surface area contributed by atoms with E-state index in [4.69, 9.17) is 4.74 Å². The normalized spacial score (nSPS) is 20.6. The van der Waals surface area contributed by atoms with Crippen molar-refractivity contribution in [1.82, 2.24) is 10.3 Å². The number of nitrogens with zero attached hydrogens (tertiary/aromatic N) is 2. The Balaban J connectivity index is 1.94. The van der Waals surface area contributed by atoms with Crippen molar-refractivity contribution in [2.75, 3.05) is 24.7 Å². The molecule has 3 rings (SSSR count). The van der Waals surface area contributed by atoms with Crippen LogP contribution >= 0.6 is 11.3 Å². The molecular weight excluding hydrogens is 242 g/mol. The van der Waals surface area contributed by atoms with Crippen LogP contribution < -0.4 is 10.2 Å². The summed E-state index contributed by atoms with van der Waals surface area (Å²) in [7, 11) is 0. The minimum Gasteiger partial charge on any atom is -0.362 e. The number of ether oxygens (including phenoxy) is 1. The van der Waals surface area contributed by atoms with Crippen LogP contribution in [0.15, 0.2) is 0 Å². The lowest BCUT2D eigenvalue weighted by atomic mass is 10.2. The van der Waals surface area contributed by atoms with Gasteiger partial charge in [-0.1, -0.05) is 11.3 Å². The lowest BCUT2D eigenvalue weighted by Crippen LogP contribution is -2.46. The molecule has 1 N–H and O–H groups in total. The van der Waals surface area contributed by atoms with Crippen molar-refractivity contribution in [3.05, 3.63) is 10.6 Å². The van der Waals surface area contributed by atoms with Crippen LogP contribution in [0.25, 0.3) is 0 Å². The maximum atomic E-state index is 11.6. The van der Waals surface area contributed by atoms with Crippen molar-refractivity contribution in [2.24, 2.45) is 0 Å². The van der Waals surface area contributed by atoms with Crippen LogP contribution in [0.3, 0.4) is 0 Å². The number of thiazole rings is 1. The predicted molar refractivity (Wildman–Crippen MR) is 60.8 cm³/mol. The van der Waals surface area contributed by atoms with Crippen LogP contribution in [0.5, 0.6) is 0 Å². The average molecular weight is 253 g/mol. The third kappa shape index (κ3) is 1.86. The fraction of sp³-hybridized carbons (Fsp3) is 0.500. The van der Waals surface area contributed by atoms with E-state index in [2.05, 4.69) is 10.3 Å². The van der Waals surface area contributed by atoms with Gasteiger partial charge in [0.25, 0.3) is 11.8 Å². The van der Waals surface area contributed by atoms with E-state index in [1.54, 1.807) is 0 Å². The smallest absolute Gasteiger partial charge is 0.261 e. The Bertz CT molecular complexity index is 446. The van der Waals surface area contributed by atoms with Gasteiger partial charge in [-0.25, -0.2) is 9.88 Å². The molecule has 2 aliphatic rings. The molecule has 2 amide bonds. The summed E-state index contributed by atoms with van der Waals surface area (Å²) in [6.45, 7) is 1.56. The maximum Gasteiger partial charge on any atom is 0.261 e. The second kappa shape index (κ2) is 4.17. The van der Waals surface area contributed by atoms with E-state index in [9.17, 15) is 9.59 Å². The lowest BCUT2D eigenvalue weighted by molar-refractivity contribution is -0.138. The number of rotatable bonds is 1. The van der Waals surface area contributed by atoms with Crippen LogP contribution in [-0.4, -0.2) is 36.6 Å². The zero-order valence-corrected chi connectivity index (χ0v) is 9.88. The standard InChI is InChI=1S/C10H11N3O3S/c14-8-4-16-5-9(15)13(8)10-12-6-1-2-11-3-7(6)17-10/h11H,1-5H2. The molecular formula is C10H11N3O3S. The van der Waals surface area contributed by atoms with Crippen molar-refractivity contribution >= 4 is 28.3 Å². The molecule has 0 aromatic carbocycles. The van der Waals surface area contributed by atoms with Crippen LogP contribution in [0.1, 0.15) is 10.6 Å². The Kier molecular flexibility index (Phi) is 2.65. The number of fused-ring (bicyclic) bond motifs is 1. The van der Waals surface area contributed by atoms with Crippen molar-refractivity contribution in [1.29, 1.82) is 0 Å². The van der Waals surface area contributed by atoms with E-state index in [0.717, 1.165) is 35.0 Å². The first kappa shape index (κ1) is 10.8. The molecule has 1 fully saturated rings. The summed E-state index contributed by atoms with van der Waals surface area (Å²) < 4.78 is 4.87. The van der Waals surface area contributed by atoms with E-state index in [1.165, 1.54) is 11.3 Å². The maximum absolute atomic E-state index is 11.6. The number of hydrogen-bond donors (Lipinski definition) is 1. The summed E-state index contributed by atoms with van der Waals surface area (Å²) in [5, 5.41) is 3.72. The second-order valence-electron chi connectivity index (χ2n) is 3.91. The third-order valence-corrected chi connectivity index (χ3v) is 3.82. The largest absolute Gasteiger partial charge is 0.362 e. The number of nitrogens with one attached hydrogen (secondary N) is 1. The molecule has 2 aliphatic heterocycles. The zero-order chi connectivity index (χ0) is 11.8. The first-order valence-electron chi connectivity index (χ1n) is 5.38. The van der Waals surface area contributed by atoms with Crippen molar-refractivity contribution in [3.8, 4) is 0 Å². The topological polar surface area (TPSA) is 71.5 Å². The molecule has 1 aromatic rings. The SMILES string of the molecule is O=C1COCC(=O)N1c1nc2c(s1)CNCC2. The molecule has 90 valence electrons. The van der Waals surface area contributed by atoms with Gasteiger partial charge in [0.1, 0.15) is 13.2 Å². The number of carbonyl (C=O) groups is 2. The third-order valence-electron chi connectivity index (χ3n) is 2.73. The zero-order valence-electron chi connectivity index (χ0n) is 9.06. The van der Waals surface area contributed by atoms with Gasteiger partial charge in [-0.2, -0.15) is 0 Å². The van der Waals surface area contributed by atoms with Crippen molar-refractivity contribution in [2.45, 2.75) is 13.0 Å². The number of morpholine rings is 1.